The molecule has 2 fully saturated rings. The summed E-state index contributed by atoms with van der Waals surface area (Å²) in [5.74, 6) is -2.28. The van der Waals surface area contributed by atoms with Gasteiger partial charge in [0.1, 0.15) is 18.7 Å². The van der Waals surface area contributed by atoms with Crippen LogP contribution in [0.2, 0.25) is 0 Å². The quantitative estimate of drug-likeness (QED) is 0.491. The minimum absolute atomic E-state index is 0.0929. The van der Waals surface area contributed by atoms with Crippen molar-refractivity contribution in [2.24, 2.45) is 0 Å². The first-order valence-corrected chi connectivity index (χ1v) is 12.9. The highest BCUT2D eigenvalue weighted by atomic mass is 16.5. The van der Waals surface area contributed by atoms with Gasteiger partial charge in [-0.25, -0.2) is 4.79 Å². The highest BCUT2D eigenvalue weighted by Crippen LogP contribution is 2.45. The zero-order valence-corrected chi connectivity index (χ0v) is 20.9. The molecule has 2 aliphatic heterocycles. The Bertz CT molecular complexity index is 1340. The molecule has 6 rings (SSSR count). The normalized spacial score (nSPS) is 19.9. The third-order valence-electron chi connectivity index (χ3n) is 8.00. The summed E-state index contributed by atoms with van der Waals surface area (Å²) in [6.45, 7) is 0.697. The van der Waals surface area contributed by atoms with E-state index in [0.717, 1.165) is 22.3 Å². The average molecular weight is 512 g/mol. The van der Waals surface area contributed by atoms with Crippen molar-refractivity contribution < 1.29 is 24.2 Å². The number of nitrogens with one attached hydrogen (secondary N) is 1. The first kappa shape index (κ1) is 24.2. The molecule has 0 saturated carbocycles. The number of para-hydroxylation sites is 1. The van der Waals surface area contributed by atoms with Crippen molar-refractivity contribution >= 4 is 23.5 Å². The third kappa shape index (κ3) is 3.83. The lowest BCUT2D eigenvalue weighted by atomic mass is 9.86. The standard InChI is InChI=1S/C30H29N3O5/c34-26(35)18-32-27(33(20-8-2-1-3-9-20)30(29(32)37)14-16-31-17-15-30)28(36)38-19-25-23-12-6-4-10-21(23)22-11-5-7-13-24(22)25/h1-13,25,27,31H,14-19H2,(H,34,35). The van der Waals surface area contributed by atoms with Crippen molar-refractivity contribution in [2.45, 2.75) is 30.5 Å². The predicted molar refractivity (Wildman–Crippen MR) is 142 cm³/mol. The Morgan fingerprint density at radius 1 is 0.895 bits per heavy atom. The van der Waals surface area contributed by atoms with E-state index < -0.39 is 30.2 Å². The maximum atomic E-state index is 13.9. The summed E-state index contributed by atoms with van der Waals surface area (Å²) < 4.78 is 5.99. The van der Waals surface area contributed by atoms with Crippen molar-refractivity contribution in [1.29, 1.82) is 0 Å². The molecule has 3 aromatic rings. The van der Waals surface area contributed by atoms with E-state index >= 15 is 0 Å². The first-order valence-electron chi connectivity index (χ1n) is 12.9. The molecule has 0 aromatic heterocycles. The Balaban J connectivity index is 1.35. The third-order valence-corrected chi connectivity index (χ3v) is 8.00. The summed E-state index contributed by atoms with van der Waals surface area (Å²) in [5.41, 5.74) is 4.08. The topological polar surface area (TPSA) is 99.2 Å². The van der Waals surface area contributed by atoms with Crippen LogP contribution in [0.4, 0.5) is 5.69 Å². The molecule has 1 aliphatic carbocycles. The summed E-state index contributed by atoms with van der Waals surface area (Å²) in [7, 11) is 0. The van der Waals surface area contributed by atoms with E-state index in [4.69, 9.17) is 4.74 Å². The maximum Gasteiger partial charge on any atom is 0.350 e. The molecule has 194 valence electrons. The van der Waals surface area contributed by atoms with Crippen LogP contribution in [0.5, 0.6) is 0 Å². The summed E-state index contributed by atoms with van der Waals surface area (Å²) in [4.78, 5) is 42.6. The van der Waals surface area contributed by atoms with Crippen LogP contribution in [0.25, 0.3) is 11.1 Å². The number of amides is 1. The molecular weight excluding hydrogens is 482 g/mol. The van der Waals surface area contributed by atoms with E-state index in [2.05, 4.69) is 17.4 Å². The summed E-state index contributed by atoms with van der Waals surface area (Å²) in [6, 6.07) is 25.4. The van der Waals surface area contributed by atoms with Gasteiger partial charge >= 0.3 is 11.9 Å². The fourth-order valence-electron chi connectivity index (χ4n) is 6.34. The Morgan fingerprint density at radius 3 is 2.08 bits per heavy atom. The van der Waals surface area contributed by atoms with E-state index in [9.17, 15) is 19.5 Å². The Morgan fingerprint density at radius 2 is 1.47 bits per heavy atom. The second-order valence-corrected chi connectivity index (χ2v) is 10.0. The number of carbonyl (C=O) groups is 3. The largest absolute Gasteiger partial charge is 0.480 e. The number of carbonyl (C=O) groups excluding carboxylic acids is 2. The van der Waals surface area contributed by atoms with Crippen LogP contribution < -0.4 is 10.2 Å². The number of benzene rings is 3. The zero-order chi connectivity index (χ0) is 26.3. The van der Waals surface area contributed by atoms with Crippen molar-refractivity contribution in [3.8, 4) is 11.1 Å². The molecule has 8 heteroatoms. The second kappa shape index (κ2) is 9.61. The molecular formula is C30H29N3O5. The SMILES string of the molecule is O=C(O)CN1C(=O)C2(CCNCC2)N(c2ccccc2)C1C(=O)OCC1c2ccccc2-c2ccccc21. The van der Waals surface area contributed by atoms with E-state index in [0.29, 0.717) is 31.6 Å². The van der Waals surface area contributed by atoms with Crippen LogP contribution in [0, 0.1) is 0 Å². The van der Waals surface area contributed by atoms with E-state index in [1.54, 1.807) is 4.90 Å². The van der Waals surface area contributed by atoms with Gasteiger partial charge < -0.3 is 20.1 Å². The van der Waals surface area contributed by atoms with Crippen LogP contribution in [0.3, 0.4) is 0 Å². The van der Waals surface area contributed by atoms with Gasteiger partial charge in [0, 0.05) is 11.6 Å². The van der Waals surface area contributed by atoms with Crippen LogP contribution >= 0.6 is 0 Å². The van der Waals surface area contributed by atoms with Crippen molar-refractivity contribution in [3.05, 3.63) is 90.0 Å². The van der Waals surface area contributed by atoms with Crippen molar-refractivity contribution in [2.75, 3.05) is 31.1 Å². The molecule has 8 nitrogen and oxygen atoms in total. The highest BCUT2D eigenvalue weighted by molar-refractivity contribution is 6.02. The van der Waals surface area contributed by atoms with E-state index in [1.165, 1.54) is 4.90 Å². The molecule has 0 radical (unpaired) electrons. The molecule has 3 aliphatic rings. The number of carboxylic acids is 1. The minimum Gasteiger partial charge on any atom is -0.480 e. The molecule has 2 heterocycles. The molecule has 1 atom stereocenters. The number of ether oxygens (including phenoxy) is 1. The van der Waals surface area contributed by atoms with Gasteiger partial charge in [0.05, 0.1) is 0 Å². The smallest absolute Gasteiger partial charge is 0.350 e. The van der Waals surface area contributed by atoms with Crippen LogP contribution in [0.1, 0.15) is 29.9 Å². The monoisotopic (exact) mass is 511 g/mol. The summed E-state index contributed by atoms with van der Waals surface area (Å²) in [5, 5.41) is 13.0. The van der Waals surface area contributed by atoms with Gasteiger partial charge in [0.25, 0.3) is 5.91 Å². The molecule has 0 bridgehead atoms. The Hall–Kier alpha value is -4.17. The number of hydrogen-bond acceptors (Lipinski definition) is 6. The van der Waals surface area contributed by atoms with Crippen molar-refractivity contribution in [3.63, 3.8) is 0 Å². The fraction of sp³-hybridized carbons (Fsp3) is 0.300. The number of anilines is 1. The van der Waals surface area contributed by atoms with E-state index in [1.807, 2.05) is 66.7 Å². The number of carboxylic acid groups (broad SMARTS) is 1. The fourth-order valence-corrected chi connectivity index (χ4v) is 6.34. The van der Waals surface area contributed by atoms with Gasteiger partial charge in [0.15, 0.2) is 0 Å². The molecule has 38 heavy (non-hydrogen) atoms. The van der Waals surface area contributed by atoms with Crippen LogP contribution in [-0.4, -0.2) is 65.8 Å². The lowest BCUT2D eigenvalue weighted by Crippen LogP contribution is -2.57. The molecule has 1 amide bonds. The van der Waals surface area contributed by atoms with Gasteiger partial charge in [0.2, 0.25) is 6.17 Å². The molecule has 2 N–H and O–H groups in total. The van der Waals surface area contributed by atoms with Crippen LogP contribution in [-0.2, 0) is 19.1 Å². The first-order chi connectivity index (χ1) is 18.5. The number of rotatable bonds is 6. The van der Waals surface area contributed by atoms with E-state index in [-0.39, 0.29) is 18.4 Å². The van der Waals surface area contributed by atoms with Gasteiger partial charge in [-0.15, -0.1) is 0 Å². The van der Waals surface area contributed by atoms with Crippen LogP contribution in [0.15, 0.2) is 78.9 Å². The molecule has 1 spiro atoms. The Kier molecular flexibility index (Phi) is 6.12. The van der Waals surface area contributed by atoms with Gasteiger partial charge in [-0.05, 0) is 60.3 Å². The number of esters is 1. The highest BCUT2D eigenvalue weighted by Gasteiger charge is 2.60. The van der Waals surface area contributed by atoms with Gasteiger partial charge in [-0.3, -0.25) is 14.5 Å². The lowest BCUT2D eigenvalue weighted by molar-refractivity contribution is -0.154. The molecule has 2 saturated heterocycles. The second-order valence-electron chi connectivity index (χ2n) is 10.0. The van der Waals surface area contributed by atoms with Gasteiger partial charge in [-0.1, -0.05) is 66.7 Å². The summed E-state index contributed by atoms with van der Waals surface area (Å²) in [6.07, 6.45) is -0.250. The Labute approximate surface area is 220 Å². The predicted octanol–water partition coefficient (Wildman–Crippen LogP) is 3.22. The van der Waals surface area contributed by atoms with Crippen molar-refractivity contribution in [1.82, 2.24) is 10.2 Å². The molecule has 3 aromatic carbocycles. The maximum absolute atomic E-state index is 13.9. The number of piperidine rings is 1. The zero-order valence-electron chi connectivity index (χ0n) is 20.9. The number of aliphatic carboxylic acids is 1. The minimum atomic E-state index is -1.18. The number of fused-ring (bicyclic) bond motifs is 3. The number of nitrogens with zero attached hydrogens (tertiary/aromatic N) is 2. The summed E-state index contributed by atoms with van der Waals surface area (Å²) >= 11 is 0. The average Bonchev–Trinajstić information content (AvgIpc) is 3.38. The number of hydrogen-bond donors (Lipinski definition) is 2. The van der Waals surface area contributed by atoms with Gasteiger partial charge in [-0.2, -0.15) is 0 Å². The lowest BCUT2D eigenvalue weighted by Gasteiger charge is -2.41. The molecule has 1 unspecified atom stereocenters.